The lowest BCUT2D eigenvalue weighted by Crippen LogP contribution is -2.16. The minimum absolute atomic E-state index is 0.0205. The third-order valence-electron chi connectivity index (χ3n) is 3.27. The topological polar surface area (TPSA) is 72.2 Å². The number of sulfonamides is 1. The fraction of sp³-hybridized carbons (Fsp3) is 0.400. The molecule has 0 aliphatic heterocycles. The van der Waals surface area contributed by atoms with Crippen LogP contribution in [0.15, 0.2) is 27.6 Å². The zero-order chi connectivity index (χ0) is 16.7. The van der Waals surface area contributed by atoms with E-state index in [0.29, 0.717) is 5.56 Å². The largest absolute Gasteiger partial charge is 0.360 e. The van der Waals surface area contributed by atoms with Crippen LogP contribution in [0.4, 0.5) is 10.1 Å². The van der Waals surface area contributed by atoms with Crippen molar-refractivity contribution in [1.82, 2.24) is 5.16 Å². The molecule has 120 valence electrons. The van der Waals surface area contributed by atoms with Crippen molar-refractivity contribution < 1.29 is 17.3 Å². The molecule has 0 radical (unpaired) electrons. The Kier molecular flexibility index (Phi) is 4.04. The minimum Gasteiger partial charge on any atom is -0.360 e. The Balaban J connectivity index is 2.38. The number of nitrogens with zero attached hydrogens (tertiary/aromatic N) is 1. The summed E-state index contributed by atoms with van der Waals surface area (Å²) in [6, 6.07) is 4.30. The van der Waals surface area contributed by atoms with Crippen molar-refractivity contribution in [3.8, 4) is 0 Å². The average molecular weight is 326 g/mol. The molecule has 0 aliphatic carbocycles. The standard InChI is InChI=1S/C15H19FN2O3S/c1-9-14(10(2)21-17-9)22(19,20)18-11-6-7-12(13(16)8-11)15(3,4)5/h6-8,18H,1-5H3. The van der Waals surface area contributed by atoms with E-state index in [-0.39, 0.29) is 27.5 Å². The van der Waals surface area contributed by atoms with Crippen molar-refractivity contribution >= 4 is 15.7 Å². The second kappa shape index (κ2) is 5.39. The highest BCUT2D eigenvalue weighted by molar-refractivity contribution is 7.92. The van der Waals surface area contributed by atoms with Gasteiger partial charge in [-0.25, -0.2) is 12.8 Å². The molecule has 0 saturated carbocycles. The van der Waals surface area contributed by atoms with Crippen LogP contribution in [0.5, 0.6) is 0 Å². The van der Waals surface area contributed by atoms with E-state index in [2.05, 4.69) is 9.88 Å². The number of benzene rings is 1. The van der Waals surface area contributed by atoms with Crippen molar-refractivity contribution in [2.24, 2.45) is 0 Å². The van der Waals surface area contributed by atoms with Gasteiger partial charge in [0, 0.05) is 0 Å². The highest BCUT2D eigenvalue weighted by atomic mass is 32.2. The average Bonchev–Trinajstić information content (AvgIpc) is 2.67. The van der Waals surface area contributed by atoms with Crippen molar-refractivity contribution in [1.29, 1.82) is 0 Å². The first kappa shape index (κ1) is 16.5. The molecule has 1 N–H and O–H groups in total. The Morgan fingerprint density at radius 1 is 1.23 bits per heavy atom. The summed E-state index contributed by atoms with van der Waals surface area (Å²) in [4.78, 5) is -0.0205. The number of aryl methyl sites for hydroxylation is 2. The van der Waals surface area contributed by atoms with Gasteiger partial charge in [0.05, 0.1) is 5.69 Å². The van der Waals surface area contributed by atoms with Gasteiger partial charge in [0.1, 0.15) is 11.5 Å². The van der Waals surface area contributed by atoms with Crippen LogP contribution in [-0.4, -0.2) is 13.6 Å². The van der Waals surface area contributed by atoms with Crippen LogP contribution in [0.1, 0.15) is 37.8 Å². The molecule has 0 saturated heterocycles. The summed E-state index contributed by atoms with van der Waals surface area (Å²) in [6.45, 7) is 8.71. The number of halogens is 1. The van der Waals surface area contributed by atoms with Gasteiger partial charge in [0.15, 0.2) is 10.7 Å². The van der Waals surface area contributed by atoms with E-state index in [9.17, 15) is 12.8 Å². The fourth-order valence-electron chi connectivity index (χ4n) is 2.25. The summed E-state index contributed by atoms with van der Waals surface area (Å²) < 4.78 is 46.1. The molecule has 0 fully saturated rings. The van der Waals surface area contributed by atoms with E-state index < -0.39 is 15.8 Å². The summed E-state index contributed by atoms with van der Waals surface area (Å²) in [5.41, 5.74) is 0.582. The molecular weight excluding hydrogens is 307 g/mol. The maximum Gasteiger partial charge on any atom is 0.267 e. The zero-order valence-electron chi connectivity index (χ0n) is 13.2. The number of aromatic nitrogens is 1. The zero-order valence-corrected chi connectivity index (χ0v) is 14.0. The fourth-order valence-corrected chi connectivity index (χ4v) is 3.63. The van der Waals surface area contributed by atoms with Crippen LogP contribution >= 0.6 is 0 Å². The molecule has 2 aromatic rings. The lowest BCUT2D eigenvalue weighted by atomic mass is 9.86. The molecular formula is C15H19FN2O3S. The second-order valence-electron chi connectivity index (χ2n) is 6.20. The van der Waals surface area contributed by atoms with Gasteiger partial charge in [0.2, 0.25) is 0 Å². The van der Waals surface area contributed by atoms with Crippen molar-refractivity contribution in [2.45, 2.75) is 44.9 Å². The molecule has 0 spiro atoms. The first-order valence-electron chi connectivity index (χ1n) is 6.78. The molecule has 0 aliphatic rings. The first-order valence-corrected chi connectivity index (χ1v) is 8.26. The predicted molar refractivity (Wildman–Crippen MR) is 81.9 cm³/mol. The van der Waals surface area contributed by atoms with E-state index in [1.807, 2.05) is 20.8 Å². The Labute approximate surface area is 129 Å². The first-order chi connectivity index (χ1) is 10.0. The summed E-state index contributed by atoms with van der Waals surface area (Å²) in [6.07, 6.45) is 0. The summed E-state index contributed by atoms with van der Waals surface area (Å²) in [5, 5.41) is 3.62. The van der Waals surface area contributed by atoms with Crippen molar-refractivity contribution in [2.75, 3.05) is 4.72 Å². The van der Waals surface area contributed by atoms with Gasteiger partial charge in [-0.2, -0.15) is 0 Å². The Bertz CT molecular complexity index is 785. The van der Waals surface area contributed by atoms with Gasteiger partial charge in [-0.05, 0) is 37.0 Å². The maximum atomic E-state index is 14.2. The number of nitrogens with one attached hydrogen (secondary N) is 1. The number of rotatable bonds is 3. The quantitative estimate of drug-likeness (QED) is 0.936. The molecule has 7 heteroatoms. The number of hydrogen-bond acceptors (Lipinski definition) is 4. The van der Waals surface area contributed by atoms with Crippen LogP contribution in [-0.2, 0) is 15.4 Å². The Morgan fingerprint density at radius 3 is 2.32 bits per heavy atom. The summed E-state index contributed by atoms with van der Waals surface area (Å²) >= 11 is 0. The molecule has 0 amide bonds. The lowest BCUT2D eigenvalue weighted by molar-refractivity contribution is 0.390. The highest BCUT2D eigenvalue weighted by Gasteiger charge is 2.25. The van der Waals surface area contributed by atoms with Crippen LogP contribution in [0, 0.1) is 19.7 Å². The third-order valence-corrected chi connectivity index (χ3v) is 4.89. The molecule has 0 atom stereocenters. The Morgan fingerprint density at radius 2 is 1.86 bits per heavy atom. The van der Waals surface area contributed by atoms with E-state index >= 15 is 0 Å². The van der Waals surface area contributed by atoms with E-state index in [0.717, 1.165) is 0 Å². The van der Waals surface area contributed by atoms with Crippen molar-refractivity contribution in [3.05, 3.63) is 41.0 Å². The molecule has 1 aromatic heterocycles. The third kappa shape index (κ3) is 3.14. The van der Waals surface area contributed by atoms with Gasteiger partial charge in [-0.1, -0.05) is 32.0 Å². The van der Waals surface area contributed by atoms with Gasteiger partial charge >= 0.3 is 0 Å². The highest BCUT2D eigenvalue weighted by Crippen LogP contribution is 2.28. The molecule has 5 nitrogen and oxygen atoms in total. The number of hydrogen-bond donors (Lipinski definition) is 1. The molecule has 0 unspecified atom stereocenters. The SMILES string of the molecule is Cc1noc(C)c1S(=O)(=O)Nc1ccc(C(C)(C)C)c(F)c1. The van der Waals surface area contributed by atoms with Crippen molar-refractivity contribution in [3.63, 3.8) is 0 Å². The van der Waals surface area contributed by atoms with E-state index in [4.69, 9.17) is 4.52 Å². The minimum atomic E-state index is -3.87. The van der Waals surface area contributed by atoms with Gasteiger partial charge in [-0.15, -0.1) is 0 Å². The predicted octanol–water partition coefficient (Wildman–Crippen LogP) is 3.53. The number of anilines is 1. The van der Waals surface area contributed by atoms with E-state index in [1.165, 1.54) is 19.9 Å². The summed E-state index contributed by atoms with van der Waals surface area (Å²) in [5.74, 6) is -0.261. The van der Waals surface area contributed by atoms with E-state index in [1.54, 1.807) is 12.1 Å². The molecule has 0 bridgehead atoms. The molecule has 1 aromatic carbocycles. The maximum absolute atomic E-state index is 14.2. The molecule has 2 rings (SSSR count). The Hall–Kier alpha value is -1.89. The van der Waals surface area contributed by atoms with Gasteiger partial charge < -0.3 is 4.52 Å². The van der Waals surface area contributed by atoms with Gasteiger partial charge in [-0.3, -0.25) is 4.72 Å². The van der Waals surface area contributed by atoms with Crippen LogP contribution < -0.4 is 4.72 Å². The van der Waals surface area contributed by atoms with Crippen LogP contribution in [0.2, 0.25) is 0 Å². The molecule has 1 heterocycles. The van der Waals surface area contributed by atoms with Crippen LogP contribution in [0.25, 0.3) is 0 Å². The van der Waals surface area contributed by atoms with Gasteiger partial charge in [0.25, 0.3) is 10.0 Å². The van der Waals surface area contributed by atoms with Crippen LogP contribution in [0.3, 0.4) is 0 Å². The monoisotopic (exact) mass is 326 g/mol. The normalized spacial score (nSPS) is 12.5. The lowest BCUT2D eigenvalue weighted by Gasteiger charge is -2.20. The second-order valence-corrected chi connectivity index (χ2v) is 7.82. The summed E-state index contributed by atoms with van der Waals surface area (Å²) in [7, 11) is -3.87. The molecule has 22 heavy (non-hydrogen) atoms. The smallest absolute Gasteiger partial charge is 0.267 e.